The predicted molar refractivity (Wildman–Crippen MR) is 69.7 cm³/mol. The molecule has 19 heavy (non-hydrogen) atoms. The van der Waals surface area contributed by atoms with Crippen molar-refractivity contribution in [3.05, 3.63) is 0 Å². The number of carbonyl (C=O) groups excluding carboxylic acids is 1. The fourth-order valence-corrected chi connectivity index (χ4v) is 3.61. The highest BCUT2D eigenvalue weighted by molar-refractivity contribution is 5.87. The molecule has 1 saturated heterocycles. The van der Waals surface area contributed by atoms with Gasteiger partial charge < -0.3 is 14.7 Å². The Bertz CT molecular complexity index is 353. The van der Waals surface area contributed by atoms with Crippen molar-refractivity contribution in [2.24, 2.45) is 5.92 Å². The van der Waals surface area contributed by atoms with E-state index in [0.717, 1.165) is 25.7 Å². The van der Waals surface area contributed by atoms with Gasteiger partial charge in [0.15, 0.2) is 0 Å². The molecule has 1 aliphatic heterocycles. The van der Waals surface area contributed by atoms with E-state index in [2.05, 4.69) is 0 Å². The van der Waals surface area contributed by atoms with E-state index in [-0.39, 0.29) is 11.9 Å². The van der Waals surface area contributed by atoms with Crippen molar-refractivity contribution in [3.63, 3.8) is 0 Å². The Balaban J connectivity index is 2.22. The lowest BCUT2D eigenvalue weighted by Gasteiger charge is -2.34. The molecule has 1 heterocycles. The van der Waals surface area contributed by atoms with Crippen LogP contribution in [0.5, 0.6) is 0 Å². The lowest BCUT2D eigenvalue weighted by Crippen LogP contribution is -2.50. The van der Waals surface area contributed by atoms with Gasteiger partial charge in [0.25, 0.3) is 5.91 Å². The monoisotopic (exact) mass is 269 g/mol. The Hall–Kier alpha value is -1.10. The van der Waals surface area contributed by atoms with E-state index in [9.17, 15) is 14.7 Å². The topological polar surface area (TPSA) is 66.8 Å². The van der Waals surface area contributed by atoms with Gasteiger partial charge in [0.1, 0.15) is 12.1 Å². The van der Waals surface area contributed by atoms with E-state index in [1.807, 2.05) is 6.92 Å². The summed E-state index contributed by atoms with van der Waals surface area (Å²) in [5.41, 5.74) is 0. The largest absolute Gasteiger partial charge is 0.480 e. The first kappa shape index (κ1) is 14.3. The lowest BCUT2D eigenvalue weighted by molar-refractivity contribution is -0.155. The first-order chi connectivity index (χ1) is 9.10. The van der Waals surface area contributed by atoms with E-state index < -0.39 is 18.1 Å². The molecule has 1 amide bonds. The summed E-state index contributed by atoms with van der Waals surface area (Å²) < 4.78 is 5.20. The second-order valence-electron chi connectivity index (χ2n) is 5.58. The van der Waals surface area contributed by atoms with Gasteiger partial charge in [-0.1, -0.05) is 19.8 Å². The molecule has 1 saturated carbocycles. The molecule has 0 aromatic rings. The highest BCUT2D eigenvalue weighted by Gasteiger charge is 2.48. The molecule has 0 radical (unpaired) electrons. The number of nitrogens with zero attached hydrogens (tertiary/aromatic N) is 1. The maximum absolute atomic E-state index is 12.5. The SMILES string of the molecule is CCC(OC)C(=O)N1C(C(=O)O)CC2CCCCC21. The van der Waals surface area contributed by atoms with Gasteiger partial charge in [-0.3, -0.25) is 4.79 Å². The minimum absolute atomic E-state index is 0.103. The number of likely N-dealkylation sites (tertiary alicyclic amines) is 1. The number of hydrogen-bond acceptors (Lipinski definition) is 3. The van der Waals surface area contributed by atoms with Crippen LogP contribution in [0.25, 0.3) is 0 Å². The molecule has 4 unspecified atom stereocenters. The molecular formula is C14H23NO4. The maximum Gasteiger partial charge on any atom is 0.326 e. The van der Waals surface area contributed by atoms with Crippen molar-refractivity contribution in [1.29, 1.82) is 0 Å². The van der Waals surface area contributed by atoms with Crippen molar-refractivity contribution in [3.8, 4) is 0 Å². The average molecular weight is 269 g/mol. The zero-order valence-corrected chi connectivity index (χ0v) is 11.7. The molecule has 108 valence electrons. The Morgan fingerprint density at radius 1 is 1.37 bits per heavy atom. The van der Waals surface area contributed by atoms with Gasteiger partial charge in [0.05, 0.1) is 0 Å². The van der Waals surface area contributed by atoms with Crippen LogP contribution in [0.4, 0.5) is 0 Å². The van der Waals surface area contributed by atoms with Crippen LogP contribution in [0, 0.1) is 5.92 Å². The van der Waals surface area contributed by atoms with Crippen molar-refractivity contribution >= 4 is 11.9 Å². The number of hydrogen-bond donors (Lipinski definition) is 1. The highest BCUT2D eigenvalue weighted by Crippen LogP contribution is 2.40. The van der Waals surface area contributed by atoms with Gasteiger partial charge in [-0.2, -0.15) is 0 Å². The fourth-order valence-electron chi connectivity index (χ4n) is 3.61. The van der Waals surface area contributed by atoms with E-state index in [4.69, 9.17) is 4.74 Å². The minimum atomic E-state index is -0.881. The van der Waals surface area contributed by atoms with Crippen LogP contribution < -0.4 is 0 Å². The number of carboxylic acids is 1. The number of ether oxygens (including phenoxy) is 1. The summed E-state index contributed by atoms with van der Waals surface area (Å²) in [7, 11) is 1.51. The number of carbonyl (C=O) groups is 2. The van der Waals surface area contributed by atoms with Gasteiger partial charge in [0, 0.05) is 13.2 Å². The number of carboxylic acid groups (broad SMARTS) is 1. The van der Waals surface area contributed by atoms with Crippen molar-refractivity contribution in [2.75, 3.05) is 7.11 Å². The number of methoxy groups -OCH3 is 1. The lowest BCUT2D eigenvalue weighted by atomic mass is 9.84. The van der Waals surface area contributed by atoms with E-state index in [1.54, 1.807) is 4.90 Å². The van der Waals surface area contributed by atoms with Gasteiger partial charge in [-0.15, -0.1) is 0 Å². The highest BCUT2D eigenvalue weighted by atomic mass is 16.5. The van der Waals surface area contributed by atoms with Crippen molar-refractivity contribution in [2.45, 2.75) is 63.6 Å². The second kappa shape index (κ2) is 5.90. The molecule has 5 heteroatoms. The first-order valence-corrected chi connectivity index (χ1v) is 7.17. The van der Waals surface area contributed by atoms with Crippen LogP contribution in [0.3, 0.4) is 0 Å². The van der Waals surface area contributed by atoms with Gasteiger partial charge in [-0.25, -0.2) is 4.79 Å². The quantitative estimate of drug-likeness (QED) is 0.842. The summed E-state index contributed by atoms with van der Waals surface area (Å²) in [5, 5.41) is 9.37. The van der Waals surface area contributed by atoms with Crippen LogP contribution in [0.2, 0.25) is 0 Å². The summed E-state index contributed by atoms with van der Waals surface area (Å²) >= 11 is 0. The summed E-state index contributed by atoms with van der Waals surface area (Å²) in [5.74, 6) is -0.673. The van der Waals surface area contributed by atoms with Crippen LogP contribution in [0.1, 0.15) is 45.4 Å². The van der Waals surface area contributed by atoms with Gasteiger partial charge in [0.2, 0.25) is 0 Å². The summed E-state index contributed by atoms with van der Waals surface area (Å²) in [6.07, 6.45) is 4.88. The van der Waals surface area contributed by atoms with Gasteiger partial charge >= 0.3 is 5.97 Å². The third kappa shape index (κ3) is 2.61. The molecule has 0 aromatic heterocycles. The maximum atomic E-state index is 12.5. The summed E-state index contributed by atoms with van der Waals surface area (Å²) in [6, 6.07) is -0.559. The molecule has 2 fully saturated rings. The Morgan fingerprint density at radius 3 is 2.63 bits per heavy atom. The summed E-state index contributed by atoms with van der Waals surface area (Å²) in [4.78, 5) is 25.6. The predicted octanol–water partition coefficient (Wildman–Crippen LogP) is 1.66. The van der Waals surface area contributed by atoms with Crippen LogP contribution >= 0.6 is 0 Å². The molecule has 2 aliphatic rings. The second-order valence-corrected chi connectivity index (χ2v) is 5.58. The smallest absolute Gasteiger partial charge is 0.326 e. The molecule has 1 N–H and O–H groups in total. The van der Waals surface area contributed by atoms with E-state index >= 15 is 0 Å². The van der Waals surface area contributed by atoms with Crippen molar-refractivity contribution in [1.82, 2.24) is 4.90 Å². The number of amides is 1. The van der Waals surface area contributed by atoms with E-state index in [0.29, 0.717) is 18.8 Å². The first-order valence-electron chi connectivity index (χ1n) is 7.17. The normalized spacial score (nSPS) is 31.9. The van der Waals surface area contributed by atoms with Gasteiger partial charge in [-0.05, 0) is 31.6 Å². The average Bonchev–Trinajstić information content (AvgIpc) is 2.79. The van der Waals surface area contributed by atoms with Crippen LogP contribution in [0.15, 0.2) is 0 Å². The molecule has 0 bridgehead atoms. The summed E-state index contributed by atoms with van der Waals surface area (Å²) in [6.45, 7) is 1.89. The third-order valence-electron chi connectivity index (χ3n) is 4.56. The Labute approximate surface area is 113 Å². The number of fused-ring (bicyclic) bond motifs is 1. The van der Waals surface area contributed by atoms with Crippen LogP contribution in [-0.4, -0.2) is 47.2 Å². The van der Waals surface area contributed by atoms with E-state index in [1.165, 1.54) is 7.11 Å². The number of rotatable bonds is 4. The Morgan fingerprint density at radius 2 is 2.05 bits per heavy atom. The molecule has 5 nitrogen and oxygen atoms in total. The standard InChI is InChI=1S/C14H23NO4/c1-3-12(19-2)13(16)15-10-7-5-4-6-9(10)8-11(15)14(17)18/h9-12H,3-8H2,1-2H3,(H,17,18). The molecule has 2 rings (SSSR count). The zero-order chi connectivity index (χ0) is 14.0. The van der Waals surface area contributed by atoms with Crippen molar-refractivity contribution < 1.29 is 19.4 Å². The molecular weight excluding hydrogens is 246 g/mol. The zero-order valence-electron chi connectivity index (χ0n) is 11.7. The number of aliphatic carboxylic acids is 1. The minimum Gasteiger partial charge on any atom is -0.480 e. The Kier molecular flexibility index (Phi) is 4.45. The molecule has 0 aromatic carbocycles. The molecule has 0 spiro atoms. The van der Waals surface area contributed by atoms with Crippen LogP contribution in [-0.2, 0) is 14.3 Å². The fraction of sp³-hybridized carbons (Fsp3) is 0.857. The molecule has 1 aliphatic carbocycles. The third-order valence-corrected chi connectivity index (χ3v) is 4.56. The molecule has 4 atom stereocenters.